The number of rotatable bonds is 3. The number of alkyl halides is 3. The second-order valence-electron chi connectivity index (χ2n) is 3.70. The molecule has 0 aliphatic heterocycles. The van der Waals surface area contributed by atoms with Crippen LogP contribution in [-0.4, -0.2) is 16.3 Å². The van der Waals surface area contributed by atoms with Crippen LogP contribution in [0.4, 0.5) is 24.8 Å². The Morgan fingerprint density at radius 3 is 2.67 bits per heavy atom. The molecule has 1 heterocycles. The van der Waals surface area contributed by atoms with Crippen molar-refractivity contribution in [1.29, 1.82) is 5.26 Å². The summed E-state index contributed by atoms with van der Waals surface area (Å²) in [6.07, 6.45) is -3.37. The molecular weight excluding hydrogens is 353 g/mol. The minimum Gasteiger partial charge on any atom is -0.405 e. The number of benzene rings is 1. The SMILES string of the molecule is N#Cc1ccnc(Nc2ccc(OC(F)(F)F)c(Br)c2)n1. The molecule has 9 heteroatoms. The van der Waals surface area contributed by atoms with Gasteiger partial charge in [-0.3, -0.25) is 0 Å². The second kappa shape index (κ2) is 5.97. The molecule has 108 valence electrons. The number of hydrogen-bond donors (Lipinski definition) is 1. The predicted molar refractivity (Wildman–Crippen MR) is 70.9 cm³/mol. The van der Waals surface area contributed by atoms with Crippen LogP contribution in [0.2, 0.25) is 0 Å². The van der Waals surface area contributed by atoms with Crippen LogP contribution in [0.5, 0.6) is 5.75 Å². The maximum absolute atomic E-state index is 12.1. The van der Waals surface area contributed by atoms with Gasteiger partial charge in [0.05, 0.1) is 4.47 Å². The van der Waals surface area contributed by atoms with Gasteiger partial charge in [0.2, 0.25) is 5.95 Å². The topological polar surface area (TPSA) is 70.8 Å². The zero-order valence-corrected chi connectivity index (χ0v) is 11.7. The lowest BCUT2D eigenvalue weighted by molar-refractivity contribution is -0.274. The Hall–Kier alpha value is -2.34. The van der Waals surface area contributed by atoms with Gasteiger partial charge in [0, 0.05) is 11.9 Å². The molecule has 0 atom stereocenters. The van der Waals surface area contributed by atoms with Gasteiger partial charge in [-0.05, 0) is 40.2 Å². The normalized spacial score (nSPS) is 10.8. The van der Waals surface area contributed by atoms with Crippen LogP contribution < -0.4 is 10.1 Å². The number of aromatic nitrogens is 2. The molecule has 21 heavy (non-hydrogen) atoms. The second-order valence-corrected chi connectivity index (χ2v) is 4.55. The molecule has 0 unspecified atom stereocenters. The molecule has 1 aromatic carbocycles. The van der Waals surface area contributed by atoms with Crippen molar-refractivity contribution in [2.75, 3.05) is 5.32 Å². The standard InChI is InChI=1S/C12H6BrF3N4O/c13-9-5-7(1-2-10(9)21-12(14,15)16)19-11-18-4-3-8(6-17)20-11/h1-5H,(H,18,19,20). The van der Waals surface area contributed by atoms with Crippen LogP contribution in [0, 0.1) is 11.3 Å². The number of nitrogens with zero attached hydrogens (tertiary/aromatic N) is 3. The minimum atomic E-state index is -4.76. The number of hydrogen-bond acceptors (Lipinski definition) is 5. The number of nitrogens with one attached hydrogen (secondary N) is 1. The lowest BCUT2D eigenvalue weighted by Gasteiger charge is -2.12. The van der Waals surface area contributed by atoms with Crippen LogP contribution in [0.15, 0.2) is 34.9 Å². The van der Waals surface area contributed by atoms with Gasteiger partial charge in [-0.15, -0.1) is 13.2 Å². The van der Waals surface area contributed by atoms with E-state index in [1.165, 1.54) is 24.4 Å². The molecule has 0 fully saturated rings. The fourth-order valence-corrected chi connectivity index (χ4v) is 1.86. The van der Waals surface area contributed by atoms with Gasteiger partial charge in [0.25, 0.3) is 0 Å². The van der Waals surface area contributed by atoms with Crippen LogP contribution in [0.25, 0.3) is 0 Å². The molecular formula is C12H6BrF3N4O. The molecule has 0 amide bonds. The fraction of sp³-hybridized carbons (Fsp3) is 0.0833. The average Bonchev–Trinajstić information content (AvgIpc) is 2.41. The number of anilines is 2. The first-order valence-electron chi connectivity index (χ1n) is 5.43. The van der Waals surface area contributed by atoms with E-state index in [1.807, 2.05) is 6.07 Å². The molecule has 2 rings (SSSR count). The molecule has 0 radical (unpaired) electrons. The van der Waals surface area contributed by atoms with Gasteiger partial charge in [-0.25, -0.2) is 9.97 Å². The van der Waals surface area contributed by atoms with Crippen LogP contribution in [-0.2, 0) is 0 Å². The minimum absolute atomic E-state index is 0.112. The van der Waals surface area contributed by atoms with Crippen LogP contribution in [0.3, 0.4) is 0 Å². The smallest absolute Gasteiger partial charge is 0.405 e. The first-order chi connectivity index (χ1) is 9.87. The van der Waals surface area contributed by atoms with E-state index in [9.17, 15) is 13.2 Å². The van der Waals surface area contributed by atoms with Gasteiger partial charge < -0.3 is 10.1 Å². The maximum atomic E-state index is 12.1. The van der Waals surface area contributed by atoms with Crippen molar-refractivity contribution in [2.45, 2.75) is 6.36 Å². The highest BCUT2D eigenvalue weighted by Crippen LogP contribution is 2.32. The van der Waals surface area contributed by atoms with Crippen molar-refractivity contribution >= 4 is 27.6 Å². The first kappa shape index (κ1) is 15.1. The van der Waals surface area contributed by atoms with E-state index in [1.54, 1.807) is 0 Å². The predicted octanol–water partition coefficient (Wildman–Crippen LogP) is 3.75. The quantitative estimate of drug-likeness (QED) is 0.904. The van der Waals surface area contributed by atoms with Gasteiger partial charge in [0.1, 0.15) is 17.5 Å². The highest BCUT2D eigenvalue weighted by molar-refractivity contribution is 9.10. The Morgan fingerprint density at radius 1 is 1.29 bits per heavy atom. The molecule has 0 bridgehead atoms. The summed E-state index contributed by atoms with van der Waals surface area (Å²) in [6, 6.07) is 7.18. The molecule has 2 aromatic rings. The van der Waals surface area contributed by atoms with Crippen LogP contribution in [0.1, 0.15) is 5.69 Å². The van der Waals surface area contributed by atoms with E-state index >= 15 is 0 Å². The summed E-state index contributed by atoms with van der Waals surface area (Å²) < 4.78 is 40.4. The third-order valence-corrected chi connectivity index (χ3v) is 2.80. The lowest BCUT2D eigenvalue weighted by atomic mass is 10.3. The van der Waals surface area contributed by atoms with E-state index in [0.717, 1.165) is 6.07 Å². The van der Waals surface area contributed by atoms with Crippen molar-refractivity contribution in [3.05, 3.63) is 40.6 Å². The van der Waals surface area contributed by atoms with E-state index in [4.69, 9.17) is 5.26 Å². The largest absolute Gasteiger partial charge is 0.573 e. The van der Waals surface area contributed by atoms with Gasteiger partial charge in [0.15, 0.2) is 0 Å². The Kier molecular flexibility index (Phi) is 4.28. The molecule has 0 spiro atoms. The highest BCUT2D eigenvalue weighted by atomic mass is 79.9. The summed E-state index contributed by atoms with van der Waals surface area (Å²) in [4.78, 5) is 7.78. The fourth-order valence-electron chi connectivity index (χ4n) is 1.40. The molecule has 0 saturated carbocycles. The van der Waals surface area contributed by atoms with Gasteiger partial charge >= 0.3 is 6.36 Å². The molecule has 0 aliphatic rings. The molecule has 0 aliphatic carbocycles. The summed E-state index contributed by atoms with van der Waals surface area (Å²) in [7, 11) is 0. The first-order valence-corrected chi connectivity index (χ1v) is 6.22. The molecule has 5 nitrogen and oxygen atoms in total. The summed E-state index contributed by atoms with van der Waals surface area (Å²) in [5.41, 5.74) is 0.607. The van der Waals surface area contributed by atoms with Crippen molar-refractivity contribution in [3.63, 3.8) is 0 Å². The van der Waals surface area contributed by atoms with Crippen LogP contribution >= 0.6 is 15.9 Å². The molecule has 1 aromatic heterocycles. The van der Waals surface area contributed by atoms with E-state index in [0.29, 0.717) is 5.69 Å². The zero-order chi connectivity index (χ0) is 15.5. The average molecular weight is 359 g/mol. The Morgan fingerprint density at radius 2 is 2.05 bits per heavy atom. The summed E-state index contributed by atoms with van der Waals surface area (Å²) in [6.45, 7) is 0. The maximum Gasteiger partial charge on any atom is 0.573 e. The molecule has 0 saturated heterocycles. The van der Waals surface area contributed by atoms with Crippen molar-refractivity contribution in [1.82, 2.24) is 9.97 Å². The third kappa shape index (κ3) is 4.32. The number of nitriles is 1. The van der Waals surface area contributed by atoms with E-state index in [-0.39, 0.29) is 21.9 Å². The molecule has 1 N–H and O–H groups in total. The van der Waals surface area contributed by atoms with Gasteiger partial charge in [-0.1, -0.05) is 0 Å². The lowest BCUT2D eigenvalue weighted by Crippen LogP contribution is -2.17. The highest BCUT2D eigenvalue weighted by Gasteiger charge is 2.31. The summed E-state index contributed by atoms with van der Waals surface area (Å²) in [5.74, 6) is -0.204. The van der Waals surface area contributed by atoms with Crippen molar-refractivity contribution < 1.29 is 17.9 Å². The van der Waals surface area contributed by atoms with E-state index in [2.05, 4.69) is 36.0 Å². The third-order valence-electron chi connectivity index (χ3n) is 2.18. The number of halogens is 4. The zero-order valence-electron chi connectivity index (χ0n) is 10.1. The number of ether oxygens (including phenoxy) is 1. The summed E-state index contributed by atoms with van der Waals surface area (Å²) in [5, 5.41) is 11.5. The summed E-state index contributed by atoms with van der Waals surface area (Å²) >= 11 is 2.98. The Balaban J connectivity index is 2.18. The Labute approximate surface area is 125 Å². The van der Waals surface area contributed by atoms with Crippen molar-refractivity contribution in [2.24, 2.45) is 0 Å². The van der Waals surface area contributed by atoms with E-state index < -0.39 is 6.36 Å². The van der Waals surface area contributed by atoms with Gasteiger partial charge in [-0.2, -0.15) is 5.26 Å². The Bertz CT molecular complexity index is 700. The van der Waals surface area contributed by atoms with Crippen molar-refractivity contribution in [3.8, 4) is 11.8 Å². The monoisotopic (exact) mass is 358 g/mol.